The zero-order chi connectivity index (χ0) is 21.2. The third kappa shape index (κ3) is 4.60. The molecule has 0 saturated carbocycles. The highest BCUT2D eigenvalue weighted by molar-refractivity contribution is 5.95. The fraction of sp³-hybridized carbons (Fsp3) is 0.364. The smallest absolute Gasteiger partial charge is 0.319 e. The van der Waals surface area contributed by atoms with Crippen molar-refractivity contribution in [2.24, 2.45) is 0 Å². The Morgan fingerprint density at radius 3 is 2.38 bits per heavy atom. The Morgan fingerprint density at radius 2 is 1.76 bits per heavy atom. The standard InChI is InChI=1S/C22H23F3N2O2/c1-15(28)16-8-10-18(11-9-16)26-20(29)27-13-5-12-21(27,2)14-17-6-3-4-7-19(17)22(23,24)25/h3-4,6-11H,5,12-14H2,1-2H3,(H,26,29). The molecule has 2 aromatic rings. The van der Waals surface area contributed by atoms with Crippen molar-refractivity contribution >= 4 is 17.5 Å². The number of Topliss-reactive ketones (excluding diaryl/α,β-unsaturated/α-hetero) is 1. The topological polar surface area (TPSA) is 49.4 Å². The molecule has 4 nitrogen and oxygen atoms in total. The van der Waals surface area contributed by atoms with Gasteiger partial charge in [-0.15, -0.1) is 0 Å². The van der Waals surface area contributed by atoms with E-state index in [1.807, 2.05) is 6.92 Å². The first-order chi connectivity index (χ1) is 13.6. The van der Waals surface area contributed by atoms with Gasteiger partial charge in [-0.3, -0.25) is 4.79 Å². The zero-order valence-corrected chi connectivity index (χ0v) is 16.3. The Bertz CT molecular complexity index is 909. The van der Waals surface area contributed by atoms with Crippen LogP contribution in [-0.4, -0.2) is 28.8 Å². The minimum absolute atomic E-state index is 0.0710. The van der Waals surface area contributed by atoms with Gasteiger partial charge >= 0.3 is 12.2 Å². The second-order valence-corrected chi connectivity index (χ2v) is 7.65. The summed E-state index contributed by atoms with van der Waals surface area (Å²) < 4.78 is 40.1. The molecular weight excluding hydrogens is 381 g/mol. The number of carbonyl (C=O) groups is 2. The number of anilines is 1. The molecule has 0 aliphatic carbocycles. The van der Waals surface area contributed by atoms with Crippen molar-refractivity contribution in [3.05, 3.63) is 65.2 Å². The van der Waals surface area contributed by atoms with E-state index < -0.39 is 17.3 Å². The number of urea groups is 1. The fourth-order valence-corrected chi connectivity index (χ4v) is 3.89. The molecule has 0 bridgehead atoms. The zero-order valence-electron chi connectivity index (χ0n) is 16.3. The number of benzene rings is 2. The number of nitrogens with one attached hydrogen (secondary N) is 1. The number of carbonyl (C=O) groups excluding carboxylic acids is 2. The molecule has 0 aromatic heterocycles. The fourth-order valence-electron chi connectivity index (χ4n) is 3.89. The molecule has 2 amide bonds. The molecule has 1 aliphatic rings. The van der Waals surface area contributed by atoms with Gasteiger partial charge in [0.1, 0.15) is 0 Å². The van der Waals surface area contributed by atoms with E-state index >= 15 is 0 Å². The Labute approximate surface area is 167 Å². The molecule has 1 aliphatic heterocycles. The second kappa shape index (κ2) is 7.89. The SMILES string of the molecule is CC(=O)c1ccc(NC(=O)N2CCCC2(C)Cc2ccccc2C(F)(F)F)cc1. The second-order valence-electron chi connectivity index (χ2n) is 7.65. The summed E-state index contributed by atoms with van der Waals surface area (Å²) in [6, 6.07) is 11.7. The summed E-state index contributed by atoms with van der Waals surface area (Å²) >= 11 is 0. The van der Waals surface area contributed by atoms with E-state index in [-0.39, 0.29) is 23.8 Å². The highest BCUT2D eigenvalue weighted by Crippen LogP contribution is 2.38. The predicted octanol–water partition coefficient (Wildman–Crippen LogP) is 5.54. The summed E-state index contributed by atoms with van der Waals surface area (Å²) in [5.74, 6) is -0.0710. The Balaban J connectivity index is 1.78. The van der Waals surface area contributed by atoms with Crippen LogP contribution >= 0.6 is 0 Å². The van der Waals surface area contributed by atoms with Crippen LogP contribution in [-0.2, 0) is 12.6 Å². The molecule has 154 valence electrons. The molecule has 1 fully saturated rings. The van der Waals surface area contributed by atoms with Crippen molar-refractivity contribution in [2.75, 3.05) is 11.9 Å². The van der Waals surface area contributed by atoms with Crippen LogP contribution in [0.4, 0.5) is 23.7 Å². The van der Waals surface area contributed by atoms with Gasteiger partial charge in [-0.1, -0.05) is 18.2 Å². The van der Waals surface area contributed by atoms with Gasteiger partial charge in [0.05, 0.1) is 5.56 Å². The number of nitrogens with zero attached hydrogens (tertiary/aromatic N) is 1. The minimum atomic E-state index is -4.43. The van der Waals surface area contributed by atoms with Gasteiger partial charge in [-0.2, -0.15) is 13.2 Å². The molecule has 2 aromatic carbocycles. The lowest BCUT2D eigenvalue weighted by Gasteiger charge is -2.36. The van der Waals surface area contributed by atoms with E-state index in [0.29, 0.717) is 24.2 Å². The molecule has 1 N–H and O–H groups in total. The number of ketones is 1. The quantitative estimate of drug-likeness (QED) is 0.681. The predicted molar refractivity (Wildman–Crippen MR) is 105 cm³/mol. The summed E-state index contributed by atoms with van der Waals surface area (Å²) in [5.41, 5.74) is -0.117. The maximum absolute atomic E-state index is 13.4. The van der Waals surface area contributed by atoms with Crippen molar-refractivity contribution in [3.8, 4) is 0 Å². The van der Waals surface area contributed by atoms with Crippen LogP contribution in [0.1, 0.15) is 48.2 Å². The van der Waals surface area contributed by atoms with Gasteiger partial charge < -0.3 is 10.2 Å². The van der Waals surface area contributed by atoms with Gasteiger partial charge in [0, 0.05) is 23.3 Å². The van der Waals surface area contributed by atoms with Crippen LogP contribution in [0.15, 0.2) is 48.5 Å². The van der Waals surface area contributed by atoms with E-state index in [1.165, 1.54) is 19.1 Å². The number of hydrogen-bond donors (Lipinski definition) is 1. The highest BCUT2D eigenvalue weighted by atomic mass is 19.4. The Hall–Kier alpha value is -2.83. The Morgan fingerprint density at radius 1 is 1.10 bits per heavy atom. The van der Waals surface area contributed by atoms with Crippen LogP contribution in [0.2, 0.25) is 0 Å². The lowest BCUT2D eigenvalue weighted by atomic mass is 9.88. The largest absolute Gasteiger partial charge is 0.416 e. The van der Waals surface area contributed by atoms with Crippen molar-refractivity contribution < 1.29 is 22.8 Å². The number of halogens is 3. The molecule has 0 radical (unpaired) electrons. The van der Waals surface area contributed by atoms with E-state index in [4.69, 9.17) is 0 Å². The Kier molecular flexibility index (Phi) is 5.68. The average molecular weight is 404 g/mol. The van der Waals surface area contributed by atoms with Crippen LogP contribution in [0, 0.1) is 0 Å². The van der Waals surface area contributed by atoms with Gasteiger partial charge in [0.2, 0.25) is 0 Å². The molecule has 1 atom stereocenters. The van der Waals surface area contributed by atoms with E-state index in [0.717, 1.165) is 12.5 Å². The van der Waals surface area contributed by atoms with Gasteiger partial charge in [0.15, 0.2) is 5.78 Å². The molecule has 1 saturated heterocycles. The lowest BCUT2D eigenvalue weighted by molar-refractivity contribution is -0.138. The number of rotatable bonds is 4. The number of amides is 2. The first-order valence-corrected chi connectivity index (χ1v) is 9.45. The number of likely N-dealkylation sites (tertiary alicyclic amines) is 1. The maximum atomic E-state index is 13.4. The number of hydrogen-bond acceptors (Lipinski definition) is 2. The van der Waals surface area contributed by atoms with Crippen LogP contribution in [0.3, 0.4) is 0 Å². The van der Waals surface area contributed by atoms with Gasteiger partial charge in [-0.25, -0.2) is 4.79 Å². The summed E-state index contributed by atoms with van der Waals surface area (Å²) in [6.07, 6.45) is -2.96. The van der Waals surface area contributed by atoms with Crippen LogP contribution in [0.5, 0.6) is 0 Å². The van der Waals surface area contributed by atoms with Crippen molar-refractivity contribution in [1.29, 1.82) is 0 Å². The summed E-state index contributed by atoms with van der Waals surface area (Å²) in [6.45, 7) is 3.76. The first-order valence-electron chi connectivity index (χ1n) is 9.45. The third-order valence-corrected chi connectivity index (χ3v) is 5.43. The molecule has 29 heavy (non-hydrogen) atoms. The monoisotopic (exact) mass is 404 g/mol. The highest BCUT2D eigenvalue weighted by Gasteiger charge is 2.42. The van der Waals surface area contributed by atoms with Gasteiger partial charge in [0.25, 0.3) is 0 Å². The molecular formula is C22H23F3N2O2. The van der Waals surface area contributed by atoms with Crippen LogP contribution < -0.4 is 5.32 Å². The molecule has 7 heteroatoms. The molecule has 1 heterocycles. The molecule has 0 spiro atoms. The van der Waals surface area contributed by atoms with Crippen molar-refractivity contribution in [3.63, 3.8) is 0 Å². The molecule has 1 unspecified atom stereocenters. The van der Waals surface area contributed by atoms with E-state index in [2.05, 4.69) is 5.32 Å². The van der Waals surface area contributed by atoms with Crippen molar-refractivity contribution in [1.82, 2.24) is 4.90 Å². The van der Waals surface area contributed by atoms with Crippen LogP contribution in [0.25, 0.3) is 0 Å². The van der Waals surface area contributed by atoms with E-state index in [1.54, 1.807) is 35.2 Å². The first kappa shape index (κ1) is 20.9. The normalized spacial score (nSPS) is 19.3. The third-order valence-electron chi connectivity index (χ3n) is 5.43. The van der Waals surface area contributed by atoms with E-state index in [9.17, 15) is 22.8 Å². The molecule has 3 rings (SSSR count). The number of alkyl halides is 3. The lowest BCUT2D eigenvalue weighted by Crippen LogP contribution is -2.48. The summed E-state index contributed by atoms with van der Waals surface area (Å²) in [4.78, 5) is 25.8. The van der Waals surface area contributed by atoms with Gasteiger partial charge in [-0.05, 0) is 69.0 Å². The average Bonchev–Trinajstić information content (AvgIpc) is 3.03. The van der Waals surface area contributed by atoms with Crippen molar-refractivity contribution in [2.45, 2.75) is 44.8 Å². The summed E-state index contributed by atoms with van der Waals surface area (Å²) in [5, 5.41) is 2.79. The maximum Gasteiger partial charge on any atom is 0.416 e. The summed E-state index contributed by atoms with van der Waals surface area (Å²) in [7, 11) is 0. The minimum Gasteiger partial charge on any atom is -0.319 e.